The van der Waals surface area contributed by atoms with E-state index in [9.17, 15) is 14.7 Å². The number of amides is 1. The number of aryl methyl sites for hydroxylation is 1. The van der Waals surface area contributed by atoms with Crippen LogP contribution in [0.3, 0.4) is 0 Å². The van der Waals surface area contributed by atoms with Crippen molar-refractivity contribution in [2.75, 3.05) is 5.32 Å². The Balaban J connectivity index is 1.82. The first-order valence-electron chi connectivity index (χ1n) is 6.72. The van der Waals surface area contributed by atoms with E-state index in [0.717, 1.165) is 17.7 Å². The van der Waals surface area contributed by atoms with Crippen molar-refractivity contribution < 1.29 is 14.7 Å². The number of aromatic nitrogens is 2. The first-order valence-corrected chi connectivity index (χ1v) is 6.72. The minimum atomic E-state index is -0.892. The molecule has 4 atom stereocenters. The monoisotopic (exact) mass is 275 g/mol. The van der Waals surface area contributed by atoms with E-state index in [1.54, 1.807) is 0 Å². The van der Waals surface area contributed by atoms with Gasteiger partial charge in [0.2, 0.25) is 5.91 Å². The zero-order valence-electron chi connectivity index (χ0n) is 11.4. The number of allylic oxidation sites excluding steroid dienone is 2. The molecule has 0 aliphatic heterocycles. The summed E-state index contributed by atoms with van der Waals surface area (Å²) in [5.41, 5.74) is 1.77. The molecule has 2 aliphatic carbocycles. The Kier molecular flexibility index (Phi) is 2.88. The highest BCUT2D eigenvalue weighted by atomic mass is 16.4. The van der Waals surface area contributed by atoms with Gasteiger partial charge in [-0.3, -0.25) is 14.7 Å². The van der Waals surface area contributed by atoms with Crippen molar-refractivity contribution in [2.45, 2.75) is 20.3 Å². The van der Waals surface area contributed by atoms with Gasteiger partial charge >= 0.3 is 5.97 Å². The number of carbonyl (C=O) groups is 2. The zero-order chi connectivity index (χ0) is 14.4. The maximum absolute atomic E-state index is 12.4. The van der Waals surface area contributed by atoms with Crippen LogP contribution in [-0.2, 0) is 9.59 Å². The molecule has 6 nitrogen and oxygen atoms in total. The standard InChI is InChI=1S/C14H17N3O3/c1-6-7(2)16-17-12(6)15-13(18)10-8-3-4-9(5-8)11(10)14(19)20/h3-4,8-11H,5H2,1-2H3,(H,19,20)(H2,15,16,17,18)/t8?,9?,10-,11+/m0/s1. The van der Waals surface area contributed by atoms with Crippen LogP contribution in [-0.4, -0.2) is 27.2 Å². The molecule has 2 aliphatic rings. The second kappa shape index (κ2) is 4.47. The van der Waals surface area contributed by atoms with Crippen LogP contribution in [0, 0.1) is 37.5 Å². The number of anilines is 1. The van der Waals surface area contributed by atoms with E-state index < -0.39 is 17.8 Å². The number of nitrogens with zero attached hydrogens (tertiary/aromatic N) is 1. The lowest BCUT2D eigenvalue weighted by Gasteiger charge is -2.23. The number of carbonyl (C=O) groups excluding carboxylic acids is 1. The minimum absolute atomic E-state index is 0.0183. The van der Waals surface area contributed by atoms with E-state index >= 15 is 0 Å². The van der Waals surface area contributed by atoms with Gasteiger partial charge in [0.05, 0.1) is 11.8 Å². The fourth-order valence-electron chi connectivity index (χ4n) is 3.32. The van der Waals surface area contributed by atoms with E-state index in [1.807, 2.05) is 26.0 Å². The van der Waals surface area contributed by atoms with Crippen molar-refractivity contribution in [3.05, 3.63) is 23.4 Å². The van der Waals surface area contributed by atoms with E-state index in [2.05, 4.69) is 15.5 Å². The van der Waals surface area contributed by atoms with Gasteiger partial charge in [0, 0.05) is 11.3 Å². The third-order valence-corrected chi connectivity index (χ3v) is 4.54. The predicted octanol–water partition coefficient (Wildman–Crippen LogP) is 1.49. The number of hydrogen-bond acceptors (Lipinski definition) is 3. The number of carboxylic acids is 1. The Hall–Kier alpha value is -2.11. The summed E-state index contributed by atoms with van der Waals surface area (Å²) in [6, 6.07) is 0. The van der Waals surface area contributed by atoms with Gasteiger partial charge < -0.3 is 10.4 Å². The van der Waals surface area contributed by atoms with Crippen molar-refractivity contribution in [2.24, 2.45) is 23.7 Å². The number of H-pyrrole nitrogens is 1. The summed E-state index contributed by atoms with van der Waals surface area (Å²) in [6.45, 7) is 3.74. The van der Waals surface area contributed by atoms with Gasteiger partial charge in [-0.25, -0.2) is 0 Å². The molecule has 1 saturated carbocycles. The molecular weight excluding hydrogens is 258 g/mol. The average molecular weight is 275 g/mol. The molecule has 0 radical (unpaired) electrons. The molecule has 0 aromatic carbocycles. The highest BCUT2D eigenvalue weighted by molar-refractivity contribution is 5.96. The predicted molar refractivity (Wildman–Crippen MR) is 72.0 cm³/mol. The summed E-state index contributed by atoms with van der Waals surface area (Å²) < 4.78 is 0. The second-order valence-corrected chi connectivity index (χ2v) is 5.65. The van der Waals surface area contributed by atoms with Crippen LogP contribution in [0.2, 0.25) is 0 Å². The first-order chi connectivity index (χ1) is 9.49. The minimum Gasteiger partial charge on any atom is -0.481 e. The van der Waals surface area contributed by atoms with Crippen molar-refractivity contribution in [1.82, 2.24) is 10.2 Å². The second-order valence-electron chi connectivity index (χ2n) is 5.65. The molecule has 106 valence electrons. The van der Waals surface area contributed by atoms with E-state index in [-0.39, 0.29) is 17.7 Å². The lowest BCUT2D eigenvalue weighted by molar-refractivity contribution is -0.146. The first kappa shape index (κ1) is 12.9. The molecule has 1 aromatic heterocycles. The number of hydrogen-bond donors (Lipinski definition) is 3. The molecule has 1 amide bonds. The van der Waals surface area contributed by atoms with Gasteiger partial charge in [0.25, 0.3) is 0 Å². The van der Waals surface area contributed by atoms with Crippen LogP contribution in [0.4, 0.5) is 5.82 Å². The fourth-order valence-corrected chi connectivity index (χ4v) is 3.32. The van der Waals surface area contributed by atoms with Gasteiger partial charge in [-0.1, -0.05) is 12.2 Å². The Bertz CT molecular complexity index is 605. The summed E-state index contributed by atoms with van der Waals surface area (Å²) in [4.78, 5) is 23.8. The molecule has 1 heterocycles. The van der Waals surface area contributed by atoms with Gasteiger partial charge in [-0.05, 0) is 32.1 Å². The highest BCUT2D eigenvalue weighted by Crippen LogP contribution is 2.48. The lowest BCUT2D eigenvalue weighted by Crippen LogP contribution is -2.36. The quantitative estimate of drug-likeness (QED) is 0.728. The van der Waals surface area contributed by atoms with Crippen LogP contribution in [0.1, 0.15) is 17.7 Å². The molecular formula is C14H17N3O3. The average Bonchev–Trinajstić information content (AvgIpc) is 3.08. The molecule has 0 saturated heterocycles. The van der Waals surface area contributed by atoms with E-state index in [0.29, 0.717) is 5.82 Å². The molecule has 3 N–H and O–H groups in total. The largest absolute Gasteiger partial charge is 0.481 e. The molecule has 6 heteroatoms. The van der Waals surface area contributed by atoms with E-state index in [1.165, 1.54) is 0 Å². The number of nitrogens with one attached hydrogen (secondary N) is 2. The Morgan fingerprint density at radius 3 is 2.50 bits per heavy atom. The summed E-state index contributed by atoms with van der Waals surface area (Å²) in [5, 5.41) is 18.9. The van der Waals surface area contributed by atoms with Crippen molar-refractivity contribution in [3.63, 3.8) is 0 Å². The molecule has 1 aromatic rings. The number of aliphatic carboxylic acids is 1. The van der Waals surface area contributed by atoms with Crippen LogP contribution in [0.15, 0.2) is 12.2 Å². The van der Waals surface area contributed by atoms with Crippen molar-refractivity contribution >= 4 is 17.7 Å². The third-order valence-electron chi connectivity index (χ3n) is 4.54. The SMILES string of the molecule is Cc1[nH]nc(NC(=O)[C@H]2C3C=CC(C3)[C@H]2C(=O)O)c1C. The summed E-state index contributed by atoms with van der Waals surface area (Å²) >= 11 is 0. The number of rotatable bonds is 3. The molecule has 1 fully saturated rings. The van der Waals surface area contributed by atoms with Crippen LogP contribution in [0.25, 0.3) is 0 Å². The summed E-state index contributed by atoms with van der Waals surface area (Å²) in [7, 11) is 0. The van der Waals surface area contributed by atoms with Crippen LogP contribution >= 0.6 is 0 Å². The van der Waals surface area contributed by atoms with Gasteiger partial charge in [-0.2, -0.15) is 5.10 Å². The Morgan fingerprint density at radius 1 is 1.30 bits per heavy atom. The third kappa shape index (κ3) is 1.83. The molecule has 2 bridgehead atoms. The smallest absolute Gasteiger partial charge is 0.307 e. The topological polar surface area (TPSA) is 95.1 Å². The van der Waals surface area contributed by atoms with E-state index in [4.69, 9.17) is 0 Å². The summed E-state index contributed by atoms with van der Waals surface area (Å²) in [5.74, 6) is -1.76. The molecule has 3 rings (SSSR count). The number of carboxylic acid groups (broad SMARTS) is 1. The lowest BCUT2D eigenvalue weighted by atomic mass is 9.82. The molecule has 2 unspecified atom stereocenters. The Morgan fingerprint density at radius 2 is 1.95 bits per heavy atom. The maximum Gasteiger partial charge on any atom is 0.307 e. The van der Waals surface area contributed by atoms with Crippen molar-refractivity contribution in [1.29, 1.82) is 0 Å². The normalized spacial score (nSPS) is 30.7. The highest BCUT2D eigenvalue weighted by Gasteiger charge is 2.51. The number of aromatic amines is 1. The van der Waals surface area contributed by atoms with Gasteiger partial charge in [-0.15, -0.1) is 0 Å². The van der Waals surface area contributed by atoms with Crippen molar-refractivity contribution in [3.8, 4) is 0 Å². The zero-order valence-corrected chi connectivity index (χ0v) is 11.4. The number of fused-ring (bicyclic) bond motifs is 2. The molecule has 0 spiro atoms. The van der Waals surface area contributed by atoms with Crippen LogP contribution < -0.4 is 5.32 Å². The van der Waals surface area contributed by atoms with Gasteiger partial charge in [0.15, 0.2) is 5.82 Å². The maximum atomic E-state index is 12.4. The fraction of sp³-hybridized carbons (Fsp3) is 0.500. The van der Waals surface area contributed by atoms with Crippen LogP contribution in [0.5, 0.6) is 0 Å². The van der Waals surface area contributed by atoms with Gasteiger partial charge in [0.1, 0.15) is 0 Å². The Labute approximate surface area is 116 Å². The summed E-state index contributed by atoms with van der Waals surface area (Å²) in [6.07, 6.45) is 4.65. The molecule has 20 heavy (non-hydrogen) atoms.